The van der Waals surface area contributed by atoms with E-state index in [0.717, 1.165) is 38.3 Å². The molecule has 0 radical (unpaired) electrons. The fourth-order valence-corrected chi connectivity index (χ4v) is 4.09. The van der Waals surface area contributed by atoms with Gasteiger partial charge in [0, 0.05) is 48.7 Å². The Kier molecular flexibility index (Phi) is 6.49. The number of ether oxygens (including phenoxy) is 1. The lowest BCUT2D eigenvalue weighted by molar-refractivity contribution is -0.137. The molecule has 0 spiro atoms. The van der Waals surface area contributed by atoms with Crippen LogP contribution in [0.15, 0.2) is 56.9 Å². The van der Waals surface area contributed by atoms with Crippen LogP contribution in [0.2, 0.25) is 0 Å². The summed E-state index contributed by atoms with van der Waals surface area (Å²) in [6.45, 7) is 4.16. The molecule has 1 saturated heterocycles. The molecule has 3 heterocycles. The Balaban J connectivity index is 1.40. The Hall–Kier alpha value is -2.56. The van der Waals surface area contributed by atoms with Gasteiger partial charge in [-0.25, -0.2) is 0 Å². The molecule has 6 nitrogen and oxygen atoms in total. The highest BCUT2D eigenvalue weighted by atomic mass is 32.2. The van der Waals surface area contributed by atoms with Crippen molar-refractivity contribution in [2.75, 3.05) is 32.1 Å². The van der Waals surface area contributed by atoms with Crippen LogP contribution in [0.25, 0.3) is 10.9 Å². The topological polar surface area (TPSA) is 67.6 Å². The van der Waals surface area contributed by atoms with Crippen LogP contribution >= 0.6 is 11.8 Å². The molecule has 0 unspecified atom stereocenters. The molecule has 0 bridgehead atoms. The van der Waals surface area contributed by atoms with Crippen LogP contribution in [0.4, 0.5) is 13.2 Å². The molecule has 1 aromatic carbocycles. The molecular formula is C21H20F3N3O3S. The number of hydrogen-bond acceptors (Lipinski definition) is 7. The van der Waals surface area contributed by atoms with E-state index in [2.05, 4.69) is 15.2 Å². The minimum atomic E-state index is -4.42. The van der Waals surface area contributed by atoms with Crippen LogP contribution in [0.1, 0.15) is 11.3 Å². The summed E-state index contributed by atoms with van der Waals surface area (Å²) in [6, 6.07) is 6.57. The minimum Gasteiger partial charge on any atom is -0.475 e. The van der Waals surface area contributed by atoms with Gasteiger partial charge in [0.25, 0.3) is 0 Å². The second kappa shape index (κ2) is 9.29. The molecule has 1 N–H and O–H groups in total. The first kappa shape index (κ1) is 21.7. The van der Waals surface area contributed by atoms with Gasteiger partial charge in [-0.05, 0) is 18.2 Å². The average Bonchev–Trinajstić information content (AvgIpc) is 2.75. The Labute approximate surface area is 180 Å². The smallest absolute Gasteiger partial charge is 0.416 e. The van der Waals surface area contributed by atoms with Crippen LogP contribution in [0.3, 0.4) is 0 Å². The zero-order valence-electron chi connectivity index (χ0n) is 16.4. The Morgan fingerprint density at radius 1 is 1.19 bits per heavy atom. The molecule has 1 aliphatic heterocycles. The van der Waals surface area contributed by atoms with E-state index in [1.807, 2.05) is 0 Å². The van der Waals surface area contributed by atoms with Crippen molar-refractivity contribution in [1.82, 2.24) is 15.2 Å². The first-order valence-electron chi connectivity index (χ1n) is 9.66. The van der Waals surface area contributed by atoms with Crippen molar-refractivity contribution in [3.8, 4) is 5.75 Å². The van der Waals surface area contributed by atoms with E-state index < -0.39 is 11.7 Å². The lowest BCUT2D eigenvalue weighted by atomic mass is 10.1. The van der Waals surface area contributed by atoms with Gasteiger partial charge in [0.15, 0.2) is 0 Å². The van der Waals surface area contributed by atoms with E-state index in [1.54, 1.807) is 6.07 Å². The van der Waals surface area contributed by atoms with Gasteiger partial charge in [-0.15, -0.1) is 0 Å². The number of nitrogens with one attached hydrogen (secondary N) is 1. The summed E-state index contributed by atoms with van der Waals surface area (Å²) in [5, 5.41) is 3.85. The fraction of sp³-hybridized carbons (Fsp3) is 0.333. The molecule has 2 aromatic heterocycles. The summed E-state index contributed by atoms with van der Waals surface area (Å²) >= 11 is 1.26. The molecule has 0 amide bonds. The summed E-state index contributed by atoms with van der Waals surface area (Å²) in [6.07, 6.45) is -1.67. The number of nitrogens with zero attached hydrogens (tertiary/aromatic N) is 2. The van der Waals surface area contributed by atoms with Gasteiger partial charge >= 0.3 is 6.18 Å². The summed E-state index contributed by atoms with van der Waals surface area (Å²) in [5.74, 6) is 0.768. The summed E-state index contributed by atoms with van der Waals surface area (Å²) in [5.41, 5.74) is -0.771. The molecular weight excluding hydrogens is 431 g/mol. The number of benzene rings is 1. The minimum absolute atomic E-state index is 0.0919. The monoisotopic (exact) mass is 451 g/mol. The summed E-state index contributed by atoms with van der Waals surface area (Å²) in [4.78, 5) is 19.3. The lowest BCUT2D eigenvalue weighted by Crippen LogP contribution is -2.42. The van der Waals surface area contributed by atoms with Gasteiger partial charge in [0.2, 0.25) is 11.2 Å². The average molecular weight is 451 g/mol. The van der Waals surface area contributed by atoms with Gasteiger partial charge in [-0.3, -0.25) is 14.7 Å². The molecule has 10 heteroatoms. The van der Waals surface area contributed by atoms with Crippen molar-refractivity contribution in [3.05, 3.63) is 64.3 Å². The third-order valence-corrected chi connectivity index (χ3v) is 5.80. The number of hydrogen-bond donors (Lipinski definition) is 1. The van der Waals surface area contributed by atoms with Gasteiger partial charge in [-0.1, -0.05) is 17.8 Å². The van der Waals surface area contributed by atoms with Crippen LogP contribution in [0, 0.1) is 0 Å². The molecule has 0 aliphatic carbocycles. The Bertz CT molecular complexity index is 1110. The normalized spacial score (nSPS) is 15.3. The van der Waals surface area contributed by atoms with Crippen molar-refractivity contribution in [2.45, 2.75) is 17.6 Å². The van der Waals surface area contributed by atoms with Crippen molar-refractivity contribution >= 4 is 22.7 Å². The van der Waals surface area contributed by atoms with Crippen LogP contribution in [0.5, 0.6) is 5.75 Å². The molecule has 4 rings (SSSR count). The Morgan fingerprint density at radius 3 is 2.74 bits per heavy atom. The maximum absolute atomic E-state index is 12.9. The van der Waals surface area contributed by atoms with Crippen molar-refractivity contribution in [3.63, 3.8) is 0 Å². The maximum atomic E-state index is 12.9. The van der Waals surface area contributed by atoms with Crippen LogP contribution < -0.4 is 15.5 Å². The number of piperazine rings is 1. The third kappa shape index (κ3) is 5.38. The molecule has 3 aromatic rings. The summed E-state index contributed by atoms with van der Waals surface area (Å²) in [7, 11) is 0. The van der Waals surface area contributed by atoms with Gasteiger partial charge < -0.3 is 14.5 Å². The first-order chi connectivity index (χ1) is 14.9. The summed E-state index contributed by atoms with van der Waals surface area (Å²) < 4.78 is 49.8. The predicted octanol–water partition coefficient (Wildman–Crippen LogP) is 3.74. The van der Waals surface area contributed by atoms with Crippen molar-refractivity contribution in [2.24, 2.45) is 0 Å². The zero-order valence-corrected chi connectivity index (χ0v) is 17.3. The molecule has 1 fully saturated rings. The third-order valence-electron chi connectivity index (χ3n) is 4.90. The van der Waals surface area contributed by atoms with Gasteiger partial charge in [0.05, 0.1) is 17.6 Å². The molecule has 1 aliphatic rings. The second-order valence-electron chi connectivity index (χ2n) is 7.05. The number of fused-ring (bicyclic) bond motifs is 1. The second-order valence-corrected chi connectivity index (χ2v) is 8.01. The number of aromatic nitrogens is 1. The van der Waals surface area contributed by atoms with Crippen LogP contribution in [-0.2, 0) is 12.7 Å². The van der Waals surface area contributed by atoms with E-state index in [4.69, 9.17) is 9.15 Å². The van der Waals surface area contributed by atoms with E-state index in [0.29, 0.717) is 22.6 Å². The van der Waals surface area contributed by atoms with E-state index in [9.17, 15) is 18.0 Å². The highest BCUT2D eigenvalue weighted by Crippen LogP contribution is 2.33. The molecule has 164 valence electrons. The lowest BCUT2D eigenvalue weighted by Gasteiger charge is -2.26. The van der Waals surface area contributed by atoms with Crippen molar-refractivity contribution < 1.29 is 22.3 Å². The maximum Gasteiger partial charge on any atom is 0.416 e. The van der Waals surface area contributed by atoms with E-state index in [1.165, 1.54) is 36.4 Å². The quantitative estimate of drug-likeness (QED) is 0.452. The highest BCUT2D eigenvalue weighted by Gasteiger charge is 2.30. The van der Waals surface area contributed by atoms with Crippen molar-refractivity contribution in [1.29, 1.82) is 0 Å². The Morgan fingerprint density at radius 2 is 2.00 bits per heavy atom. The number of alkyl halides is 3. The van der Waals surface area contributed by atoms with E-state index >= 15 is 0 Å². The van der Waals surface area contributed by atoms with Gasteiger partial charge in [0.1, 0.15) is 18.0 Å². The highest BCUT2D eigenvalue weighted by molar-refractivity contribution is 7.99. The van der Waals surface area contributed by atoms with Crippen LogP contribution in [-0.4, -0.2) is 42.0 Å². The largest absolute Gasteiger partial charge is 0.475 e. The first-order valence-corrected chi connectivity index (χ1v) is 10.6. The standard InChI is InChI=1S/C21H20F3N3O3S/c22-21(23,24)14-1-2-16-17(9-14)26-4-3-20(16)31-13-30-19-12-29-15(10-18(19)28)11-27-7-5-25-6-8-27/h1-4,9-10,12,25H,5-8,11,13H2. The molecule has 0 atom stereocenters. The zero-order chi connectivity index (χ0) is 21.8. The number of halogens is 3. The predicted molar refractivity (Wildman–Crippen MR) is 111 cm³/mol. The number of pyridine rings is 1. The SMILES string of the molecule is O=c1cc(CN2CCNCC2)occ1OCSc1ccnc2cc(C(F)(F)F)ccc12. The van der Waals surface area contributed by atoms with E-state index in [-0.39, 0.29) is 22.6 Å². The number of thioether (sulfide) groups is 1. The fourth-order valence-electron chi connectivity index (χ4n) is 3.30. The van der Waals surface area contributed by atoms with Gasteiger partial charge in [-0.2, -0.15) is 13.2 Å². The number of rotatable bonds is 6. The molecule has 31 heavy (non-hydrogen) atoms. The molecule has 0 saturated carbocycles.